The maximum Gasteiger partial charge on any atom is 0.151 e. The first-order valence-electron chi connectivity index (χ1n) is 7.66. The zero-order valence-corrected chi connectivity index (χ0v) is 12.6. The van der Waals surface area contributed by atoms with Gasteiger partial charge < -0.3 is 10.2 Å². The first-order chi connectivity index (χ1) is 10.2. The highest BCUT2D eigenvalue weighted by Gasteiger charge is 2.33. The van der Waals surface area contributed by atoms with Gasteiger partial charge in [-0.15, -0.1) is 0 Å². The molecular weight excluding hydrogens is 260 g/mol. The molecule has 0 radical (unpaired) electrons. The van der Waals surface area contributed by atoms with Gasteiger partial charge in [-0.3, -0.25) is 0 Å². The summed E-state index contributed by atoms with van der Waals surface area (Å²) in [7, 11) is 0. The van der Waals surface area contributed by atoms with Crippen LogP contribution >= 0.6 is 0 Å². The zero-order chi connectivity index (χ0) is 15.1. The van der Waals surface area contributed by atoms with Crippen molar-refractivity contribution in [3.63, 3.8) is 0 Å². The molecule has 0 fully saturated rings. The van der Waals surface area contributed by atoms with E-state index in [-0.39, 0.29) is 5.41 Å². The lowest BCUT2D eigenvalue weighted by Crippen LogP contribution is -2.29. The van der Waals surface area contributed by atoms with E-state index in [1.165, 1.54) is 11.1 Å². The van der Waals surface area contributed by atoms with Crippen LogP contribution in [0.25, 0.3) is 0 Å². The van der Waals surface area contributed by atoms with Gasteiger partial charge in [0.15, 0.2) is 6.29 Å². The van der Waals surface area contributed by atoms with Gasteiger partial charge >= 0.3 is 0 Å². The van der Waals surface area contributed by atoms with Crippen LogP contribution in [-0.4, -0.2) is 16.5 Å². The third kappa shape index (κ3) is 3.72. The molecule has 0 aliphatic carbocycles. The van der Waals surface area contributed by atoms with Crippen LogP contribution in [0.3, 0.4) is 0 Å². The van der Waals surface area contributed by atoms with Crippen molar-refractivity contribution in [1.82, 2.24) is 0 Å². The van der Waals surface area contributed by atoms with Crippen LogP contribution in [0.2, 0.25) is 0 Å². The van der Waals surface area contributed by atoms with Crippen LogP contribution < -0.4 is 0 Å². The predicted octanol–water partition coefficient (Wildman–Crippen LogP) is 3.86. The normalized spacial score (nSPS) is 11.8. The van der Waals surface area contributed by atoms with Crippen LogP contribution in [0.1, 0.15) is 43.7 Å². The van der Waals surface area contributed by atoms with Crippen molar-refractivity contribution < 1.29 is 10.2 Å². The van der Waals surface area contributed by atoms with Crippen molar-refractivity contribution in [1.29, 1.82) is 0 Å². The topological polar surface area (TPSA) is 40.5 Å². The molecule has 2 rings (SSSR count). The minimum atomic E-state index is -1.26. The maximum atomic E-state index is 9.33. The largest absolute Gasteiger partial charge is 0.368 e. The van der Waals surface area contributed by atoms with E-state index in [0.717, 1.165) is 19.3 Å². The Hall–Kier alpha value is -1.64. The van der Waals surface area contributed by atoms with Crippen LogP contribution in [0, 0.1) is 0 Å². The summed E-state index contributed by atoms with van der Waals surface area (Å²) >= 11 is 0. The average molecular weight is 284 g/mol. The standard InChI is InChI=1S/C19H24O2/c1-2-14-19(15-13-18(20)21,16-9-5-3-6-10-16)17-11-7-4-8-12-17/h3-12,18,20-21H,2,13-15H2,1H3. The highest BCUT2D eigenvalue weighted by Crippen LogP contribution is 2.41. The molecular formula is C19H24O2. The Bertz CT molecular complexity index is 480. The second-order valence-corrected chi connectivity index (χ2v) is 5.58. The van der Waals surface area contributed by atoms with E-state index in [4.69, 9.17) is 0 Å². The third-order valence-corrected chi connectivity index (χ3v) is 4.16. The Morgan fingerprint density at radius 3 is 1.67 bits per heavy atom. The molecule has 2 heteroatoms. The van der Waals surface area contributed by atoms with E-state index in [9.17, 15) is 10.2 Å². The first kappa shape index (κ1) is 15.7. The highest BCUT2D eigenvalue weighted by atomic mass is 16.5. The van der Waals surface area contributed by atoms with Gasteiger partial charge in [0, 0.05) is 5.41 Å². The summed E-state index contributed by atoms with van der Waals surface area (Å²) in [5, 5.41) is 18.7. The van der Waals surface area contributed by atoms with Gasteiger partial charge in [0.25, 0.3) is 0 Å². The quantitative estimate of drug-likeness (QED) is 0.758. The van der Waals surface area contributed by atoms with Crippen LogP contribution in [0.5, 0.6) is 0 Å². The van der Waals surface area contributed by atoms with E-state index in [1.54, 1.807) is 0 Å². The Labute approximate surface area is 127 Å². The minimum absolute atomic E-state index is 0.152. The molecule has 0 aliphatic heterocycles. The van der Waals surface area contributed by atoms with Crippen molar-refractivity contribution in [2.45, 2.75) is 44.3 Å². The van der Waals surface area contributed by atoms with Gasteiger partial charge in [0.05, 0.1) is 0 Å². The minimum Gasteiger partial charge on any atom is -0.368 e. The number of hydrogen-bond acceptors (Lipinski definition) is 2. The number of rotatable bonds is 7. The first-order valence-corrected chi connectivity index (χ1v) is 7.66. The smallest absolute Gasteiger partial charge is 0.151 e. The van der Waals surface area contributed by atoms with Crippen molar-refractivity contribution in [2.24, 2.45) is 0 Å². The summed E-state index contributed by atoms with van der Waals surface area (Å²) in [4.78, 5) is 0. The number of aliphatic hydroxyl groups excluding tert-OH is 1. The lowest BCUT2D eigenvalue weighted by molar-refractivity contribution is -0.0493. The highest BCUT2D eigenvalue weighted by molar-refractivity contribution is 5.39. The molecule has 0 saturated carbocycles. The van der Waals surface area contributed by atoms with Crippen molar-refractivity contribution in [3.8, 4) is 0 Å². The number of benzene rings is 2. The number of hydrogen-bond donors (Lipinski definition) is 2. The molecule has 0 aromatic heterocycles. The van der Waals surface area contributed by atoms with Gasteiger partial charge in [0.2, 0.25) is 0 Å². The van der Waals surface area contributed by atoms with Crippen LogP contribution in [0.15, 0.2) is 60.7 Å². The van der Waals surface area contributed by atoms with Gasteiger partial charge in [0.1, 0.15) is 0 Å². The molecule has 2 nitrogen and oxygen atoms in total. The molecule has 2 aromatic rings. The molecule has 0 bridgehead atoms. The Morgan fingerprint density at radius 1 is 0.810 bits per heavy atom. The summed E-state index contributed by atoms with van der Waals surface area (Å²) in [6.07, 6.45) is 1.89. The van der Waals surface area contributed by atoms with E-state index < -0.39 is 6.29 Å². The van der Waals surface area contributed by atoms with Gasteiger partial charge in [-0.2, -0.15) is 0 Å². The van der Waals surface area contributed by atoms with Crippen molar-refractivity contribution >= 4 is 0 Å². The molecule has 112 valence electrons. The maximum absolute atomic E-state index is 9.33. The zero-order valence-electron chi connectivity index (χ0n) is 12.6. The molecule has 2 N–H and O–H groups in total. The summed E-state index contributed by atoms with van der Waals surface area (Å²) in [5.74, 6) is 0. The molecule has 0 aliphatic rings. The lowest BCUT2D eigenvalue weighted by Gasteiger charge is -2.35. The van der Waals surface area contributed by atoms with Gasteiger partial charge in [-0.25, -0.2) is 0 Å². The predicted molar refractivity (Wildman–Crippen MR) is 86.0 cm³/mol. The van der Waals surface area contributed by atoms with Crippen molar-refractivity contribution in [2.75, 3.05) is 0 Å². The fourth-order valence-corrected chi connectivity index (χ4v) is 3.19. The fourth-order valence-electron chi connectivity index (χ4n) is 3.19. The Balaban J connectivity index is 2.49. The second-order valence-electron chi connectivity index (χ2n) is 5.58. The monoisotopic (exact) mass is 284 g/mol. The summed E-state index contributed by atoms with van der Waals surface area (Å²) in [5.41, 5.74) is 2.35. The molecule has 0 atom stereocenters. The third-order valence-electron chi connectivity index (χ3n) is 4.16. The summed E-state index contributed by atoms with van der Waals surface area (Å²) in [6, 6.07) is 20.8. The molecule has 0 amide bonds. The molecule has 0 spiro atoms. The van der Waals surface area contributed by atoms with E-state index in [1.807, 2.05) is 12.1 Å². The molecule has 2 aromatic carbocycles. The van der Waals surface area contributed by atoms with Crippen molar-refractivity contribution in [3.05, 3.63) is 71.8 Å². The molecule has 21 heavy (non-hydrogen) atoms. The van der Waals surface area contributed by atoms with Crippen LogP contribution in [-0.2, 0) is 5.41 Å². The van der Waals surface area contributed by atoms with E-state index in [0.29, 0.717) is 6.42 Å². The Kier molecular flexibility index (Phi) is 5.54. The van der Waals surface area contributed by atoms with E-state index in [2.05, 4.69) is 55.5 Å². The van der Waals surface area contributed by atoms with E-state index >= 15 is 0 Å². The Morgan fingerprint density at radius 2 is 1.29 bits per heavy atom. The SMILES string of the molecule is CCCC(CCC(O)O)(c1ccccc1)c1ccccc1. The van der Waals surface area contributed by atoms with Crippen LogP contribution in [0.4, 0.5) is 0 Å². The summed E-state index contributed by atoms with van der Waals surface area (Å²) in [6.45, 7) is 2.18. The van der Waals surface area contributed by atoms with Gasteiger partial charge in [-0.05, 0) is 30.4 Å². The molecule has 0 heterocycles. The second kappa shape index (κ2) is 7.39. The lowest BCUT2D eigenvalue weighted by atomic mass is 9.68. The fraction of sp³-hybridized carbons (Fsp3) is 0.368. The molecule has 0 unspecified atom stereocenters. The molecule has 0 saturated heterocycles. The average Bonchev–Trinajstić information content (AvgIpc) is 2.53. The number of aliphatic hydroxyl groups is 2. The summed E-state index contributed by atoms with van der Waals surface area (Å²) < 4.78 is 0. The van der Waals surface area contributed by atoms with Gasteiger partial charge in [-0.1, -0.05) is 74.0 Å².